The topological polar surface area (TPSA) is 98.7 Å². The van der Waals surface area contributed by atoms with Crippen molar-refractivity contribution in [2.24, 2.45) is 5.73 Å². The van der Waals surface area contributed by atoms with Crippen LogP contribution in [0.25, 0.3) is 0 Å². The van der Waals surface area contributed by atoms with Gasteiger partial charge in [0.25, 0.3) is 5.91 Å². The minimum absolute atomic E-state index is 0.129. The third-order valence-corrected chi connectivity index (χ3v) is 2.58. The van der Waals surface area contributed by atoms with Gasteiger partial charge in [0.1, 0.15) is 0 Å². The highest BCUT2D eigenvalue weighted by Crippen LogP contribution is 2.27. The van der Waals surface area contributed by atoms with Crippen LogP contribution < -0.4 is 16.2 Å². The van der Waals surface area contributed by atoms with Crippen LogP contribution in [-0.2, 0) is 4.79 Å². The van der Waals surface area contributed by atoms with Crippen LogP contribution in [0.5, 0.6) is 5.75 Å². The van der Waals surface area contributed by atoms with Crippen LogP contribution in [0.15, 0.2) is 18.2 Å². The predicted octanol–water partition coefficient (Wildman–Crippen LogP) is 0.615. The van der Waals surface area contributed by atoms with Gasteiger partial charge in [-0.1, -0.05) is 6.07 Å². The molecule has 2 amide bonds. The lowest BCUT2D eigenvalue weighted by Crippen LogP contribution is -2.38. The number of para-hydroxylation sites is 1. The van der Waals surface area contributed by atoms with Crippen molar-refractivity contribution < 1.29 is 14.3 Å². The number of likely N-dealkylation sites (N-methyl/N-ethyl adjacent to an activating group) is 1. The number of nitrogen functional groups attached to an aromatic ring is 1. The smallest absolute Gasteiger partial charge is 0.258 e. The molecular formula is C13H19N3O3. The molecule has 1 aromatic carbocycles. The average Bonchev–Trinajstić information content (AvgIpc) is 2.37. The quantitative estimate of drug-likeness (QED) is 0.736. The second kappa shape index (κ2) is 6.63. The Morgan fingerprint density at radius 3 is 2.53 bits per heavy atom. The third-order valence-electron chi connectivity index (χ3n) is 2.58. The number of ether oxygens (including phenoxy) is 1. The molecule has 104 valence electrons. The normalized spacial score (nSPS) is 10.0. The number of carbonyl (C=O) groups is 2. The molecule has 0 aromatic heterocycles. The second-order valence-electron chi connectivity index (χ2n) is 3.94. The molecule has 19 heavy (non-hydrogen) atoms. The first kappa shape index (κ1) is 14.8. The maximum absolute atomic E-state index is 12.3. The fraction of sp³-hybridized carbons (Fsp3) is 0.385. The summed E-state index contributed by atoms with van der Waals surface area (Å²) in [5.74, 6) is -0.535. The zero-order valence-electron chi connectivity index (χ0n) is 11.2. The number of nitrogens with two attached hydrogens (primary N) is 2. The summed E-state index contributed by atoms with van der Waals surface area (Å²) in [6.07, 6.45) is 0. The first-order valence-corrected chi connectivity index (χ1v) is 6.10. The Morgan fingerprint density at radius 1 is 1.32 bits per heavy atom. The van der Waals surface area contributed by atoms with Gasteiger partial charge in [0, 0.05) is 6.54 Å². The summed E-state index contributed by atoms with van der Waals surface area (Å²) in [6, 6.07) is 4.95. The minimum atomic E-state index is -0.558. The lowest BCUT2D eigenvalue weighted by atomic mass is 10.1. The maximum Gasteiger partial charge on any atom is 0.258 e. The van der Waals surface area contributed by atoms with Crippen molar-refractivity contribution in [2.75, 3.05) is 25.4 Å². The first-order chi connectivity index (χ1) is 9.01. The molecule has 6 heteroatoms. The second-order valence-corrected chi connectivity index (χ2v) is 3.94. The number of nitrogens with zero attached hydrogens (tertiary/aromatic N) is 1. The Kier molecular flexibility index (Phi) is 5.17. The summed E-state index contributed by atoms with van der Waals surface area (Å²) in [4.78, 5) is 24.6. The van der Waals surface area contributed by atoms with Crippen molar-refractivity contribution >= 4 is 17.5 Å². The van der Waals surface area contributed by atoms with E-state index in [1.54, 1.807) is 25.1 Å². The molecular weight excluding hydrogens is 246 g/mol. The van der Waals surface area contributed by atoms with E-state index in [2.05, 4.69) is 0 Å². The number of hydrogen-bond donors (Lipinski definition) is 2. The molecule has 4 N–H and O–H groups in total. The molecule has 0 spiro atoms. The lowest BCUT2D eigenvalue weighted by molar-refractivity contribution is -0.118. The minimum Gasteiger partial charge on any atom is -0.491 e. The monoisotopic (exact) mass is 265 g/mol. The van der Waals surface area contributed by atoms with Crippen LogP contribution in [0.4, 0.5) is 5.69 Å². The molecule has 0 saturated carbocycles. The van der Waals surface area contributed by atoms with Crippen LogP contribution in [-0.4, -0.2) is 36.4 Å². The third kappa shape index (κ3) is 3.61. The zero-order chi connectivity index (χ0) is 14.4. The number of rotatable bonds is 6. The van der Waals surface area contributed by atoms with Crippen molar-refractivity contribution in [1.29, 1.82) is 0 Å². The Hall–Kier alpha value is -2.24. The molecule has 0 radical (unpaired) electrons. The number of primary amides is 1. The summed E-state index contributed by atoms with van der Waals surface area (Å²) in [5, 5.41) is 0. The number of anilines is 1. The number of carbonyl (C=O) groups excluding carboxylic acids is 2. The summed E-state index contributed by atoms with van der Waals surface area (Å²) >= 11 is 0. The molecule has 1 aromatic rings. The molecule has 0 aliphatic carbocycles. The van der Waals surface area contributed by atoms with E-state index in [0.717, 1.165) is 0 Å². The molecule has 0 bridgehead atoms. The largest absolute Gasteiger partial charge is 0.491 e. The van der Waals surface area contributed by atoms with Crippen molar-refractivity contribution in [2.45, 2.75) is 13.8 Å². The van der Waals surface area contributed by atoms with Crippen molar-refractivity contribution in [3.8, 4) is 5.75 Å². The lowest BCUT2D eigenvalue weighted by Gasteiger charge is -2.21. The van der Waals surface area contributed by atoms with Gasteiger partial charge in [-0.05, 0) is 26.0 Å². The molecule has 0 aliphatic rings. The highest BCUT2D eigenvalue weighted by molar-refractivity contribution is 6.00. The van der Waals surface area contributed by atoms with Gasteiger partial charge in [0.2, 0.25) is 5.91 Å². The maximum atomic E-state index is 12.3. The van der Waals surface area contributed by atoms with Crippen molar-refractivity contribution in [3.05, 3.63) is 23.8 Å². The Labute approximate surface area is 112 Å². The van der Waals surface area contributed by atoms with Crippen molar-refractivity contribution in [3.63, 3.8) is 0 Å². The van der Waals surface area contributed by atoms with Gasteiger partial charge in [-0.25, -0.2) is 0 Å². The van der Waals surface area contributed by atoms with Gasteiger partial charge in [-0.3, -0.25) is 9.59 Å². The van der Waals surface area contributed by atoms with Gasteiger partial charge in [0.05, 0.1) is 24.4 Å². The molecule has 1 rings (SSSR count). The van der Waals surface area contributed by atoms with Gasteiger partial charge < -0.3 is 21.1 Å². The van der Waals surface area contributed by atoms with Crippen LogP contribution in [0.1, 0.15) is 24.2 Å². The Bertz CT molecular complexity index is 474. The fourth-order valence-corrected chi connectivity index (χ4v) is 1.71. The zero-order valence-corrected chi connectivity index (χ0v) is 11.2. The van der Waals surface area contributed by atoms with Crippen LogP contribution in [0.2, 0.25) is 0 Å². The Balaban J connectivity index is 3.10. The summed E-state index contributed by atoms with van der Waals surface area (Å²) in [5.41, 5.74) is 11.7. The van der Waals surface area contributed by atoms with E-state index in [9.17, 15) is 9.59 Å². The average molecular weight is 265 g/mol. The predicted molar refractivity (Wildman–Crippen MR) is 72.8 cm³/mol. The standard InChI is InChI=1S/C13H19N3O3/c1-3-16(8-11(15)17)13(18)9-6-5-7-10(14)12(9)19-4-2/h5-7H,3-4,8,14H2,1-2H3,(H2,15,17). The van der Waals surface area contributed by atoms with Crippen molar-refractivity contribution in [1.82, 2.24) is 4.90 Å². The summed E-state index contributed by atoms with van der Waals surface area (Å²) in [7, 11) is 0. The van der Waals surface area contributed by atoms with Crippen LogP contribution in [0.3, 0.4) is 0 Å². The molecule has 0 unspecified atom stereocenters. The highest BCUT2D eigenvalue weighted by Gasteiger charge is 2.21. The number of benzene rings is 1. The SMILES string of the molecule is CCOc1c(N)cccc1C(=O)N(CC)CC(N)=O. The van der Waals surface area contributed by atoms with E-state index in [1.807, 2.05) is 6.92 Å². The number of hydrogen-bond acceptors (Lipinski definition) is 4. The summed E-state index contributed by atoms with van der Waals surface area (Å²) < 4.78 is 5.40. The molecule has 6 nitrogen and oxygen atoms in total. The van der Waals surface area contributed by atoms with Crippen LogP contribution >= 0.6 is 0 Å². The van der Waals surface area contributed by atoms with Gasteiger partial charge in [0.15, 0.2) is 5.75 Å². The molecule has 0 atom stereocenters. The highest BCUT2D eigenvalue weighted by atomic mass is 16.5. The van der Waals surface area contributed by atoms with E-state index in [-0.39, 0.29) is 12.5 Å². The molecule has 0 saturated heterocycles. The van der Waals surface area contributed by atoms with Gasteiger partial charge in [-0.2, -0.15) is 0 Å². The molecule has 0 heterocycles. The summed E-state index contributed by atoms with van der Waals surface area (Å²) in [6.45, 7) is 4.23. The molecule has 0 fully saturated rings. The number of amides is 2. The fourth-order valence-electron chi connectivity index (χ4n) is 1.71. The van der Waals surface area contributed by atoms with Crippen LogP contribution in [0, 0.1) is 0 Å². The van der Waals surface area contributed by atoms with E-state index in [4.69, 9.17) is 16.2 Å². The van der Waals surface area contributed by atoms with E-state index < -0.39 is 5.91 Å². The van der Waals surface area contributed by atoms with Gasteiger partial charge in [-0.15, -0.1) is 0 Å². The van der Waals surface area contributed by atoms with E-state index >= 15 is 0 Å². The van der Waals surface area contributed by atoms with E-state index in [1.165, 1.54) is 4.90 Å². The van der Waals surface area contributed by atoms with E-state index in [0.29, 0.717) is 30.2 Å². The van der Waals surface area contributed by atoms with Gasteiger partial charge >= 0.3 is 0 Å². The Morgan fingerprint density at radius 2 is 2.00 bits per heavy atom. The molecule has 0 aliphatic heterocycles. The first-order valence-electron chi connectivity index (χ1n) is 6.10.